The average molecular weight is 365 g/mol. The van der Waals surface area contributed by atoms with Crippen molar-refractivity contribution in [2.24, 2.45) is 27.2 Å². The van der Waals surface area contributed by atoms with Gasteiger partial charge in [-0.15, -0.1) is 0 Å². The van der Waals surface area contributed by atoms with E-state index in [1.54, 1.807) is 43.3 Å². The Morgan fingerprint density at radius 3 is 2.19 bits per heavy atom. The summed E-state index contributed by atoms with van der Waals surface area (Å²) >= 11 is 0. The van der Waals surface area contributed by atoms with Crippen LogP contribution in [0.3, 0.4) is 0 Å². The lowest BCUT2D eigenvalue weighted by molar-refractivity contribution is -0.137. The molecule has 1 aromatic heterocycles. The number of aliphatic imine (C=N–C) groups is 2. The van der Waals surface area contributed by atoms with E-state index in [1.165, 1.54) is 0 Å². The predicted octanol–water partition coefficient (Wildman–Crippen LogP) is 2.05. The lowest BCUT2D eigenvalue weighted by Crippen LogP contribution is -2.26. The maximum absolute atomic E-state index is 13.0. The van der Waals surface area contributed by atoms with E-state index in [9.17, 15) is 13.2 Å². The molecule has 26 heavy (non-hydrogen) atoms. The standard InChI is InChI=1S/C16H18F3N7/c1-26(2)13-12(7-10(8-23-13)16(17,18)19)9-3-5-11(6-4-9)24-15(22)25-14(20)21/h3-8H,1-2H3,(H6,20,21,22,24,25). The van der Waals surface area contributed by atoms with Gasteiger partial charge in [-0.25, -0.2) is 9.98 Å². The fraction of sp³-hybridized carbons (Fsp3) is 0.188. The third-order valence-electron chi connectivity index (χ3n) is 3.28. The molecule has 0 aliphatic heterocycles. The van der Waals surface area contributed by atoms with Crippen LogP contribution in [0.25, 0.3) is 11.1 Å². The Morgan fingerprint density at radius 2 is 1.69 bits per heavy atom. The number of halogens is 3. The third-order valence-corrected chi connectivity index (χ3v) is 3.28. The number of aromatic nitrogens is 1. The second-order valence-corrected chi connectivity index (χ2v) is 5.54. The van der Waals surface area contributed by atoms with Gasteiger partial charge >= 0.3 is 6.18 Å². The molecule has 0 unspecified atom stereocenters. The van der Waals surface area contributed by atoms with E-state index in [0.717, 1.165) is 12.3 Å². The van der Waals surface area contributed by atoms with Gasteiger partial charge in [-0.3, -0.25) is 0 Å². The van der Waals surface area contributed by atoms with Crippen LogP contribution in [0.1, 0.15) is 5.56 Å². The molecule has 0 aliphatic carbocycles. The van der Waals surface area contributed by atoms with E-state index < -0.39 is 11.7 Å². The zero-order valence-electron chi connectivity index (χ0n) is 14.1. The highest BCUT2D eigenvalue weighted by Crippen LogP contribution is 2.36. The van der Waals surface area contributed by atoms with Crippen molar-refractivity contribution in [3.63, 3.8) is 0 Å². The molecule has 0 saturated carbocycles. The molecule has 0 amide bonds. The summed E-state index contributed by atoms with van der Waals surface area (Å²) < 4.78 is 39.0. The quantitative estimate of drug-likeness (QED) is 0.568. The highest BCUT2D eigenvalue weighted by atomic mass is 19.4. The normalized spacial score (nSPS) is 12.0. The highest BCUT2D eigenvalue weighted by molar-refractivity contribution is 5.93. The monoisotopic (exact) mass is 365 g/mol. The maximum atomic E-state index is 13.0. The van der Waals surface area contributed by atoms with Gasteiger partial charge in [0.25, 0.3) is 0 Å². The number of guanidine groups is 2. The second kappa shape index (κ2) is 7.30. The van der Waals surface area contributed by atoms with Gasteiger partial charge in [0.05, 0.1) is 11.3 Å². The van der Waals surface area contributed by atoms with Crippen molar-refractivity contribution in [2.45, 2.75) is 6.18 Å². The van der Waals surface area contributed by atoms with Gasteiger partial charge in [0, 0.05) is 25.9 Å². The van der Waals surface area contributed by atoms with Gasteiger partial charge in [-0.05, 0) is 23.8 Å². The first-order chi connectivity index (χ1) is 12.1. The van der Waals surface area contributed by atoms with Gasteiger partial charge in [-0.1, -0.05) is 12.1 Å². The predicted molar refractivity (Wildman–Crippen MR) is 96.1 cm³/mol. The molecule has 138 valence electrons. The number of pyridine rings is 1. The number of benzene rings is 1. The van der Waals surface area contributed by atoms with Gasteiger partial charge in [-0.2, -0.15) is 18.2 Å². The van der Waals surface area contributed by atoms with Crippen LogP contribution in [0, 0.1) is 0 Å². The lowest BCUT2D eigenvalue weighted by atomic mass is 10.0. The van der Waals surface area contributed by atoms with E-state index >= 15 is 0 Å². The van der Waals surface area contributed by atoms with E-state index in [2.05, 4.69) is 15.0 Å². The Hall–Kier alpha value is -3.30. The third kappa shape index (κ3) is 4.62. The summed E-state index contributed by atoms with van der Waals surface area (Å²) in [5.74, 6) is 0.0512. The zero-order chi connectivity index (χ0) is 19.5. The molecule has 2 aromatic rings. The van der Waals surface area contributed by atoms with Crippen molar-refractivity contribution in [1.82, 2.24) is 4.98 Å². The summed E-state index contributed by atoms with van der Waals surface area (Å²) in [6.45, 7) is 0. The number of nitrogens with zero attached hydrogens (tertiary/aromatic N) is 4. The van der Waals surface area contributed by atoms with Crippen molar-refractivity contribution in [1.29, 1.82) is 0 Å². The fourth-order valence-corrected chi connectivity index (χ4v) is 2.19. The molecule has 7 nitrogen and oxygen atoms in total. The first-order valence-corrected chi connectivity index (χ1v) is 7.36. The van der Waals surface area contributed by atoms with E-state index in [0.29, 0.717) is 22.6 Å². The maximum Gasteiger partial charge on any atom is 0.417 e. The highest BCUT2D eigenvalue weighted by Gasteiger charge is 2.32. The summed E-state index contributed by atoms with van der Waals surface area (Å²) in [6, 6.07) is 7.47. The van der Waals surface area contributed by atoms with Gasteiger partial charge < -0.3 is 22.1 Å². The number of alkyl halides is 3. The summed E-state index contributed by atoms with van der Waals surface area (Å²) in [7, 11) is 3.40. The molecule has 0 bridgehead atoms. The summed E-state index contributed by atoms with van der Waals surface area (Å²) in [6.07, 6.45) is -3.67. The first-order valence-electron chi connectivity index (χ1n) is 7.36. The average Bonchev–Trinajstić information content (AvgIpc) is 2.53. The SMILES string of the molecule is CN(C)c1ncc(C(F)(F)F)cc1-c1ccc(N=C(N)N=C(N)N)cc1. The molecule has 6 N–H and O–H groups in total. The number of hydrogen-bond acceptors (Lipinski definition) is 3. The van der Waals surface area contributed by atoms with Crippen molar-refractivity contribution >= 4 is 23.4 Å². The smallest absolute Gasteiger partial charge is 0.370 e. The van der Waals surface area contributed by atoms with Crippen molar-refractivity contribution in [2.75, 3.05) is 19.0 Å². The Labute approximate surface area is 148 Å². The largest absolute Gasteiger partial charge is 0.417 e. The molecule has 0 fully saturated rings. The molecule has 1 heterocycles. The minimum Gasteiger partial charge on any atom is -0.370 e. The van der Waals surface area contributed by atoms with Crippen LogP contribution in [0.5, 0.6) is 0 Å². The Bertz CT molecular complexity index is 836. The van der Waals surface area contributed by atoms with E-state index in [1.807, 2.05) is 0 Å². The minimum absolute atomic E-state index is 0.132. The molecule has 0 spiro atoms. The summed E-state index contributed by atoms with van der Waals surface area (Å²) in [5.41, 5.74) is 16.5. The number of nitrogens with two attached hydrogens (primary N) is 3. The molecule has 2 rings (SSSR count). The number of anilines is 1. The molecule has 10 heteroatoms. The van der Waals surface area contributed by atoms with Crippen molar-refractivity contribution < 1.29 is 13.2 Å². The van der Waals surface area contributed by atoms with Crippen LogP contribution in [0.4, 0.5) is 24.7 Å². The summed E-state index contributed by atoms with van der Waals surface area (Å²) in [4.78, 5) is 13.2. The van der Waals surface area contributed by atoms with Gasteiger partial charge in [0.1, 0.15) is 5.82 Å². The minimum atomic E-state index is -4.48. The Morgan fingerprint density at radius 1 is 1.08 bits per heavy atom. The second-order valence-electron chi connectivity index (χ2n) is 5.54. The van der Waals surface area contributed by atoms with Crippen molar-refractivity contribution in [3.8, 4) is 11.1 Å². The summed E-state index contributed by atoms with van der Waals surface area (Å²) in [5, 5.41) is 0. The molecule has 0 atom stereocenters. The van der Waals surface area contributed by atoms with Crippen LogP contribution in [0.2, 0.25) is 0 Å². The van der Waals surface area contributed by atoms with Crippen LogP contribution >= 0.6 is 0 Å². The van der Waals surface area contributed by atoms with Crippen LogP contribution in [-0.2, 0) is 6.18 Å². The molecule has 1 aromatic carbocycles. The van der Waals surface area contributed by atoms with Gasteiger partial charge in [0.2, 0.25) is 5.96 Å². The lowest BCUT2D eigenvalue weighted by Gasteiger charge is -2.18. The molecule has 0 radical (unpaired) electrons. The zero-order valence-corrected chi connectivity index (χ0v) is 14.1. The van der Waals surface area contributed by atoms with Crippen LogP contribution in [-0.4, -0.2) is 31.0 Å². The number of rotatable bonds is 3. The topological polar surface area (TPSA) is 119 Å². The Balaban J connectivity index is 2.46. The first kappa shape index (κ1) is 19.0. The Kier molecular flexibility index (Phi) is 5.34. The van der Waals surface area contributed by atoms with Gasteiger partial charge in [0.15, 0.2) is 5.96 Å². The molecular formula is C16H18F3N7. The molecule has 0 saturated heterocycles. The van der Waals surface area contributed by atoms with Crippen LogP contribution in [0.15, 0.2) is 46.5 Å². The molecular weight excluding hydrogens is 347 g/mol. The van der Waals surface area contributed by atoms with Crippen molar-refractivity contribution in [3.05, 3.63) is 42.1 Å². The molecule has 0 aliphatic rings. The number of hydrogen-bond donors (Lipinski definition) is 3. The van der Waals surface area contributed by atoms with E-state index in [4.69, 9.17) is 17.2 Å². The van der Waals surface area contributed by atoms with Crippen LogP contribution < -0.4 is 22.1 Å². The van der Waals surface area contributed by atoms with E-state index in [-0.39, 0.29) is 11.9 Å². The fourth-order valence-electron chi connectivity index (χ4n) is 2.19.